The molecule has 0 unspecified atom stereocenters. The Balaban J connectivity index is 0.000000200. The van der Waals surface area contributed by atoms with Gasteiger partial charge in [0.2, 0.25) is 20.0 Å². The molecule has 2 saturated heterocycles. The molecule has 2 aromatic carbocycles. The standard InChI is InChI=1S/2C16H21N3O2S.ClH/c2*1-13-11-17-7-2-3-9-19(13)22(20,21)16-5-4-15-12-18-8-6-14(15)10-16;/h2*4-6,8,10,12-13,17H,2-3,7,9,11H2,1H3;1H/t2*13-;/m11./s1. The van der Waals surface area contributed by atoms with Gasteiger partial charge in [-0.3, -0.25) is 9.97 Å². The van der Waals surface area contributed by atoms with Crippen molar-refractivity contribution in [3.8, 4) is 0 Å². The van der Waals surface area contributed by atoms with Crippen LogP contribution in [0.1, 0.15) is 39.5 Å². The first-order valence-corrected chi connectivity index (χ1v) is 18.2. The summed E-state index contributed by atoms with van der Waals surface area (Å²) >= 11 is 0. The Bertz CT molecular complexity index is 1660. The highest BCUT2D eigenvalue weighted by Gasteiger charge is 2.30. The summed E-state index contributed by atoms with van der Waals surface area (Å²) in [5.74, 6) is 0. The third-order valence-corrected chi connectivity index (χ3v) is 12.3. The maximum atomic E-state index is 13.0. The van der Waals surface area contributed by atoms with Gasteiger partial charge in [-0.15, -0.1) is 12.4 Å². The summed E-state index contributed by atoms with van der Waals surface area (Å²) in [6.07, 6.45) is 10.6. The van der Waals surface area contributed by atoms with Gasteiger partial charge in [0.15, 0.2) is 0 Å². The molecule has 10 nitrogen and oxygen atoms in total. The van der Waals surface area contributed by atoms with Gasteiger partial charge in [-0.2, -0.15) is 8.61 Å². The fourth-order valence-electron chi connectivity index (χ4n) is 5.73. The molecule has 4 heterocycles. The first-order valence-electron chi connectivity index (χ1n) is 15.3. The Labute approximate surface area is 273 Å². The zero-order chi connectivity index (χ0) is 31.2. The lowest BCUT2D eigenvalue weighted by Gasteiger charge is -2.30. The van der Waals surface area contributed by atoms with Crippen molar-refractivity contribution in [2.45, 2.75) is 61.4 Å². The van der Waals surface area contributed by atoms with Crippen LogP contribution in [0.15, 0.2) is 83.1 Å². The van der Waals surface area contributed by atoms with Crippen LogP contribution in [0, 0.1) is 0 Å². The second kappa shape index (κ2) is 15.7. The Morgan fingerprint density at radius 1 is 0.622 bits per heavy atom. The largest absolute Gasteiger partial charge is 0.315 e. The Morgan fingerprint density at radius 2 is 1.04 bits per heavy atom. The van der Waals surface area contributed by atoms with Crippen LogP contribution in [-0.4, -0.2) is 86.8 Å². The van der Waals surface area contributed by atoms with E-state index in [0.29, 0.717) is 36.0 Å². The van der Waals surface area contributed by atoms with Gasteiger partial charge in [0.1, 0.15) is 0 Å². The maximum Gasteiger partial charge on any atom is 0.243 e. The number of halogens is 1. The maximum absolute atomic E-state index is 13.0. The molecule has 2 aromatic heterocycles. The number of nitrogens with one attached hydrogen (secondary N) is 2. The highest BCUT2D eigenvalue weighted by Crippen LogP contribution is 2.25. The van der Waals surface area contributed by atoms with E-state index in [2.05, 4.69) is 20.6 Å². The summed E-state index contributed by atoms with van der Waals surface area (Å²) in [4.78, 5) is 8.84. The minimum atomic E-state index is -3.47. The molecule has 0 amide bonds. The van der Waals surface area contributed by atoms with Crippen LogP contribution in [0.2, 0.25) is 0 Å². The topological polar surface area (TPSA) is 125 Å². The van der Waals surface area contributed by atoms with Gasteiger partial charge in [-0.05, 0) is 99.8 Å². The molecule has 0 saturated carbocycles. The summed E-state index contributed by atoms with van der Waals surface area (Å²) in [6.45, 7) is 8.39. The fraction of sp³-hybridized carbons (Fsp3) is 0.438. The molecule has 0 bridgehead atoms. The number of fused-ring (bicyclic) bond motifs is 2. The highest BCUT2D eigenvalue weighted by atomic mass is 35.5. The average molecular weight is 675 g/mol. The third kappa shape index (κ3) is 8.37. The SMILES string of the molecule is C[C@@H]1CNCCCCN1S(=O)(=O)c1ccc2cnccc2c1.C[C@@H]1CNCCCCN1S(=O)(=O)c1ccc2cnccc2c1.Cl. The van der Waals surface area contributed by atoms with E-state index in [4.69, 9.17) is 0 Å². The number of hydrogen-bond acceptors (Lipinski definition) is 8. The molecule has 0 spiro atoms. The van der Waals surface area contributed by atoms with E-state index in [9.17, 15) is 16.8 Å². The molecule has 2 atom stereocenters. The monoisotopic (exact) mass is 674 g/mol. The van der Waals surface area contributed by atoms with Gasteiger partial charge < -0.3 is 10.6 Å². The number of aromatic nitrogens is 2. The summed E-state index contributed by atoms with van der Waals surface area (Å²) in [7, 11) is -6.94. The number of nitrogens with zero attached hydrogens (tertiary/aromatic N) is 4. The summed E-state index contributed by atoms with van der Waals surface area (Å²) in [6, 6.07) is 14.1. The van der Waals surface area contributed by atoms with E-state index in [1.54, 1.807) is 57.7 Å². The summed E-state index contributed by atoms with van der Waals surface area (Å²) < 4.78 is 55.2. The minimum Gasteiger partial charge on any atom is -0.315 e. The fourth-order valence-corrected chi connectivity index (χ4v) is 9.14. The van der Waals surface area contributed by atoms with Gasteiger partial charge in [0, 0.05) is 73.8 Å². The average Bonchev–Trinajstić information content (AvgIpc) is 3.00. The molecule has 2 fully saturated rings. The van der Waals surface area contributed by atoms with E-state index >= 15 is 0 Å². The highest BCUT2D eigenvalue weighted by molar-refractivity contribution is 7.89. The van der Waals surface area contributed by atoms with Crippen molar-refractivity contribution in [2.24, 2.45) is 0 Å². The lowest BCUT2D eigenvalue weighted by molar-refractivity contribution is 0.300. The molecule has 0 aliphatic carbocycles. The zero-order valence-corrected chi connectivity index (χ0v) is 28.3. The number of benzene rings is 2. The van der Waals surface area contributed by atoms with Crippen molar-refractivity contribution >= 4 is 54.0 Å². The normalized spacial score (nSPS) is 20.9. The predicted octanol–water partition coefficient (Wildman–Crippen LogP) is 4.42. The Hall–Kier alpha value is -2.71. The van der Waals surface area contributed by atoms with Gasteiger partial charge in [0.25, 0.3) is 0 Å². The van der Waals surface area contributed by atoms with Crippen molar-refractivity contribution in [3.05, 3.63) is 73.3 Å². The van der Waals surface area contributed by atoms with Gasteiger partial charge in [-0.1, -0.05) is 12.1 Å². The number of rotatable bonds is 4. The Morgan fingerprint density at radius 3 is 1.47 bits per heavy atom. The minimum absolute atomic E-state index is 0. The molecular weight excluding hydrogens is 632 g/mol. The zero-order valence-electron chi connectivity index (χ0n) is 25.8. The van der Waals surface area contributed by atoms with Crippen LogP contribution < -0.4 is 10.6 Å². The van der Waals surface area contributed by atoms with Crippen molar-refractivity contribution in [1.29, 1.82) is 0 Å². The van der Waals surface area contributed by atoms with E-state index in [0.717, 1.165) is 60.3 Å². The van der Waals surface area contributed by atoms with Crippen molar-refractivity contribution in [1.82, 2.24) is 29.2 Å². The van der Waals surface area contributed by atoms with E-state index in [1.165, 1.54) is 0 Å². The van der Waals surface area contributed by atoms with Crippen LogP contribution in [0.4, 0.5) is 0 Å². The molecule has 2 aliphatic heterocycles. The molecule has 13 heteroatoms. The smallest absolute Gasteiger partial charge is 0.243 e. The molecule has 4 aromatic rings. The van der Waals surface area contributed by atoms with Crippen LogP contribution >= 0.6 is 12.4 Å². The number of hydrogen-bond donors (Lipinski definition) is 2. The van der Waals surface area contributed by atoms with Crippen molar-refractivity contribution in [2.75, 3.05) is 39.3 Å². The molecular formula is C32H43ClN6O4S2. The van der Waals surface area contributed by atoms with E-state index in [1.807, 2.05) is 38.1 Å². The molecule has 244 valence electrons. The second-order valence-corrected chi connectivity index (χ2v) is 15.3. The van der Waals surface area contributed by atoms with Crippen LogP contribution in [0.25, 0.3) is 21.5 Å². The van der Waals surface area contributed by atoms with Crippen LogP contribution in [0.3, 0.4) is 0 Å². The first-order chi connectivity index (χ1) is 21.2. The molecule has 2 N–H and O–H groups in total. The number of pyridine rings is 2. The van der Waals surface area contributed by atoms with Gasteiger partial charge >= 0.3 is 0 Å². The number of sulfonamides is 2. The summed E-state index contributed by atoms with van der Waals surface area (Å²) in [5.41, 5.74) is 0. The van der Waals surface area contributed by atoms with Crippen molar-refractivity contribution in [3.63, 3.8) is 0 Å². The lowest BCUT2D eigenvalue weighted by atomic mass is 10.2. The lowest BCUT2D eigenvalue weighted by Crippen LogP contribution is -2.46. The Kier molecular flexibility index (Phi) is 12.3. The summed E-state index contributed by atoms with van der Waals surface area (Å²) in [5, 5.41) is 10.3. The van der Waals surface area contributed by atoms with E-state index < -0.39 is 20.0 Å². The van der Waals surface area contributed by atoms with Gasteiger partial charge in [-0.25, -0.2) is 16.8 Å². The third-order valence-electron chi connectivity index (χ3n) is 8.26. The second-order valence-electron chi connectivity index (χ2n) is 11.5. The molecule has 0 radical (unpaired) electrons. The van der Waals surface area contributed by atoms with E-state index in [-0.39, 0.29) is 24.5 Å². The molecule has 6 rings (SSSR count). The molecule has 45 heavy (non-hydrogen) atoms. The predicted molar refractivity (Wildman–Crippen MR) is 182 cm³/mol. The quantitative estimate of drug-likeness (QED) is 0.326. The van der Waals surface area contributed by atoms with Gasteiger partial charge in [0.05, 0.1) is 9.79 Å². The van der Waals surface area contributed by atoms with Crippen LogP contribution in [0.5, 0.6) is 0 Å². The first kappa shape index (κ1) is 35.1. The van der Waals surface area contributed by atoms with Crippen LogP contribution in [-0.2, 0) is 20.0 Å². The molecule has 2 aliphatic rings. The van der Waals surface area contributed by atoms with Crippen molar-refractivity contribution < 1.29 is 16.8 Å².